The fraction of sp³-hybridized carbons (Fsp3) is 0.280. The third-order valence-corrected chi connectivity index (χ3v) is 6.93. The van der Waals surface area contributed by atoms with Crippen molar-refractivity contribution in [2.24, 2.45) is 5.92 Å². The van der Waals surface area contributed by atoms with Gasteiger partial charge in [-0.1, -0.05) is 18.2 Å². The number of nitrogens with zero attached hydrogens (tertiary/aromatic N) is 4. The Hall–Kier alpha value is -3.78. The Morgan fingerprint density at radius 3 is 2.67 bits per heavy atom. The Morgan fingerprint density at radius 2 is 1.97 bits per heavy atom. The molecule has 3 aliphatic rings. The van der Waals surface area contributed by atoms with Gasteiger partial charge in [0, 0.05) is 41.7 Å². The maximum Gasteiger partial charge on any atom is 0.256 e. The molecule has 2 saturated heterocycles. The Morgan fingerprint density at radius 1 is 1.09 bits per heavy atom. The third-order valence-electron chi connectivity index (χ3n) is 6.93. The van der Waals surface area contributed by atoms with E-state index in [9.17, 15) is 4.79 Å². The van der Waals surface area contributed by atoms with E-state index in [2.05, 4.69) is 25.0 Å². The molecule has 4 N–H and O–H groups in total. The van der Waals surface area contributed by atoms with Gasteiger partial charge < -0.3 is 16.4 Å². The van der Waals surface area contributed by atoms with Crippen LogP contribution in [0.15, 0.2) is 61.1 Å². The lowest BCUT2D eigenvalue weighted by Gasteiger charge is -2.42. The minimum Gasteiger partial charge on any atom is -0.382 e. The summed E-state index contributed by atoms with van der Waals surface area (Å²) >= 11 is 0. The highest BCUT2D eigenvalue weighted by Gasteiger charge is 2.38. The molecule has 8 nitrogen and oxygen atoms in total. The van der Waals surface area contributed by atoms with E-state index < -0.39 is 0 Å². The molecule has 1 aromatic carbocycles. The Labute approximate surface area is 191 Å². The van der Waals surface area contributed by atoms with Crippen molar-refractivity contribution in [2.75, 3.05) is 17.6 Å². The molecule has 33 heavy (non-hydrogen) atoms. The number of imidazole rings is 1. The summed E-state index contributed by atoms with van der Waals surface area (Å²) in [6.07, 6.45) is 8.91. The number of hydrogen-bond donors (Lipinski definition) is 3. The topological polar surface area (TPSA) is 110 Å². The first-order chi connectivity index (χ1) is 16.2. The molecular weight excluding hydrogens is 414 g/mol. The number of benzene rings is 1. The lowest BCUT2D eigenvalue weighted by molar-refractivity contribution is 0.102. The molecule has 166 valence electrons. The molecule has 2 aliphatic heterocycles. The van der Waals surface area contributed by atoms with Crippen LogP contribution in [0.25, 0.3) is 16.8 Å². The van der Waals surface area contributed by atoms with Crippen LogP contribution in [-0.4, -0.2) is 37.8 Å². The molecule has 4 aromatic rings. The van der Waals surface area contributed by atoms with E-state index in [4.69, 9.17) is 10.7 Å². The first kappa shape index (κ1) is 19.9. The zero-order valence-electron chi connectivity index (χ0n) is 18.1. The van der Waals surface area contributed by atoms with Gasteiger partial charge in [0.05, 0.1) is 0 Å². The molecule has 1 amide bonds. The highest BCUT2D eigenvalue weighted by Crippen LogP contribution is 2.42. The van der Waals surface area contributed by atoms with E-state index in [1.54, 1.807) is 30.6 Å². The van der Waals surface area contributed by atoms with Crippen LogP contribution in [0.4, 0.5) is 11.6 Å². The number of carbonyl (C=O) groups excluding carboxylic acids is 1. The van der Waals surface area contributed by atoms with Gasteiger partial charge in [-0.2, -0.15) is 0 Å². The molecular formula is C25H25N7O. The van der Waals surface area contributed by atoms with E-state index in [0.29, 0.717) is 35.1 Å². The van der Waals surface area contributed by atoms with Crippen LogP contribution in [-0.2, 0) is 0 Å². The maximum atomic E-state index is 12.6. The molecule has 8 heteroatoms. The van der Waals surface area contributed by atoms with Crippen molar-refractivity contribution in [2.45, 2.75) is 31.2 Å². The molecule has 2 bridgehead atoms. The van der Waals surface area contributed by atoms with E-state index in [1.807, 2.05) is 30.5 Å². The summed E-state index contributed by atoms with van der Waals surface area (Å²) in [7, 11) is 0. The van der Waals surface area contributed by atoms with Gasteiger partial charge >= 0.3 is 0 Å². The molecule has 3 fully saturated rings. The minimum atomic E-state index is -0.206. The highest BCUT2D eigenvalue weighted by molar-refractivity contribution is 6.04. The lowest BCUT2D eigenvalue weighted by Crippen LogP contribution is -2.48. The smallest absolute Gasteiger partial charge is 0.256 e. The van der Waals surface area contributed by atoms with Gasteiger partial charge in [-0.3, -0.25) is 9.20 Å². The molecule has 3 atom stereocenters. The number of piperidine rings is 2. The second-order valence-electron chi connectivity index (χ2n) is 8.88. The summed E-state index contributed by atoms with van der Waals surface area (Å²) in [6, 6.07) is 13.4. The van der Waals surface area contributed by atoms with Gasteiger partial charge in [0.1, 0.15) is 28.7 Å². The fourth-order valence-electron chi connectivity index (χ4n) is 5.25. The number of fused-ring (bicyclic) bond motifs is 4. The average molecular weight is 440 g/mol. The second-order valence-corrected chi connectivity index (χ2v) is 8.88. The van der Waals surface area contributed by atoms with Crippen molar-refractivity contribution in [1.29, 1.82) is 0 Å². The van der Waals surface area contributed by atoms with E-state index in [0.717, 1.165) is 35.6 Å². The van der Waals surface area contributed by atoms with Crippen LogP contribution < -0.4 is 16.4 Å². The molecule has 3 aromatic heterocycles. The summed E-state index contributed by atoms with van der Waals surface area (Å²) in [6.45, 7) is 1.04. The van der Waals surface area contributed by atoms with Gasteiger partial charge in [0.25, 0.3) is 5.91 Å². The second kappa shape index (κ2) is 7.97. The number of amides is 1. The van der Waals surface area contributed by atoms with Crippen molar-refractivity contribution >= 4 is 23.1 Å². The Balaban J connectivity index is 1.35. The predicted molar refractivity (Wildman–Crippen MR) is 127 cm³/mol. The van der Waals surface area contributed by atoms with Gasteiger partial charge in [-0.25, -0.2) is 15.0 Å². The SMILES string of the molecule is Nc1nccn2c(C3CC4CCC3CN4)nc(-c3ccc(C(=O)Nc4ccccn4)cc3)c12. The Kier molecular flexibility index (Phi) is 4.80. The largest absolute Gasteiger partial charge is 0.382 e. The number of nitrogens with one attached hydrogen (secondary N) is 2. The van der Waals surface area contributed by atoms with Gasteiger partial charge in [-0.15, -0.1) is 0 Å². The van der Waals surface area contributed by atoms with Crippen LogP contribution >= 0.6 is 0 Å². The Bertz CT molecular complexity index is 1310. The van der Waals surface area contributed by atoms with E-state index >= 15 is 0 Å². The number of rotatable bonds is 4. The minimum absolute atomic E-state index is 0.206. The van der Waals surface area contributed by atoms with Crippen LogP contribution in [0.5, 0.6) is 0 Å². The number of aromatic nitrogens is 4. The molecule has 0 spiro atoms. The van der Waals surface area contributed by atoms with Crippen molar-refractivity contribution < 1.29 is 4.79 Å². The van der Waals surface area contributed by atoms with Crippen LogP contribution in [0.1, 0.15) is 41.4 Å². The third kappa shape index (κ3) is 3.52. The van der Waals surface area contributed by atoms with E-state index in [-0.39, 0.29) is 5.91 Å². The van der Waals surface area contributed by atoms with Gasteiger partial charge in [0.2, 0.25) is 0 Å². The lowest BCUT2D eigenvalue weighted by atomic mass is 9.73. The maximum absolute atomic E-state index is 12.6. The zero-order valence-corrected chi connectivity index (χ0v) is 18.1. The van der Waals surface area contributed by atoms with Crippen LogP contribution in [0, 0.1) is 5.92 Å². The van der Waals surface area contributed by atoms with Crippen molar-refractivity contribution in [3.05, 3.63) is 72.4 Å². The van der Waals surface area contributed by atoms with Crippen LogP contribution in [0.3, 0.4) is 0 Å². The molecule has 1 aliphatic carbocycles. The summed E-state index contributed by atoms with van der Waals surface area (Å²) in [4.78, 5) is 26.2. The molecule has 7 rings (SSSR count). The number of nitrogens with two attached hydrogens (primary N) is 1. The number of carbonyl (C=O) groups is 1. The van der Waals surface area contributed by atoms with Crippen molar-refractivity contribution in [3.8, 4) is 11.3 Å². The quantitative estimate of drug-likeness (QED) is 0.449. The van der Waals surface area contributed by atoms with Crippen molar-refractivity contribution in [3.63, 3.8) is 0 Å². The number of anilines is 2. The average Bonchev–Trinajstić information content (AvgIpc) is 3.26. The molecule has 1 saturated carbocycles. The fourth-order valence-corrected chi connectivity index (χ4v) is 5.25. The summed E-state index contributed by atoms with van der Waals surface area (Å²) in [5, 5.41) is 6.45. The normalized spacial score (nSPS) is 21.9. The van der Waals surface area contributed by atoms with E-state index in [1.165, 1.54) is 12.8 Å². The summed E-state index contributed by atoms with van der Waals surface area (Å²) in [5.41, 5.74) is 9.42. The first-order valence-electron chi connectivity index (χ1n) is 11.4. The van der Waals surface area contributed by atoms with Gasteiger partial charge in [-0.05, 0) is 56.0 Å². The van der Waals surface area contributed by atoms with Gasteiger partial charge in [0.15, 0.2) is 0 Å². The molecule has 3 unspecified atom stereocenters. The number of hydrogen-bond acceptors (Lipinski definition) is 6. The standard InChI is InChI=1S/C25H25N7O/c26-23-22-21(15-4-6-16(7-5-15)25(33)30-20-3-1-2-10-27-20)31-24(32(22)12-11-28-23)19-13-18-9-8-17(19)14-29-18/h1-7,10-12,17-19,29H,8-9,13-14H2,(H2,26,28)(H,27,30,33). The summed E-state index contributed by atoms with van der Waals surface area (Å²) < 4.78 is 2.12. The zero-order chi connectivity index (χ0) is 22.4. The van der Waals surface area contributed by atoms with Crippen LogP contribution in [0.2, 0.25) is 0 Å². The highest BCUT2D eigenvalue weighted by atomic mass is 16.1. The summed E-state index contributed by atoms with van der Waals surface area (Å²) in [5.74, 6) is 2.82. The number of pyridine rings is 1. The first-order valence-corrected chi connectivity index (χ1v) is 11.4. The monoisotopic (exact) mass is 439 g/mol. The molecule has 5 heterocycles. The number of nitrogen functional groups attached to an aromatic ring is 1. The predicted octanol–water partition coefficient (Wildman–Crippen LogP) is 3.48. The van der Waals surface area contributed by atoms with Crippen molar-refractivity contribution in [1.82, 2.24) is 24.7 Å². The molecule has 0 radical (unpaired) electrons.